The van der Waals surface area contributed by atoms with Gasteiger partial charge in [-0.2, -0.15) is 0 Å². The first kappa shape index (κ1) is 9.61. The number of aryl methyl sites for hydroxylation is 1. The Bertz CT molecular complexity index is 430. The lowest BCUT2D eigenvalue weighted by molar-refractivity contribution is 1.25. The second-order valence-electron chi connectivity index (χ2n) is 2.89. The predicted molar refractivity (Wildman–Crippen MR) is 62.2 cm³/mol. The van der Waals surface area contributed by atoms with E-state index in [9.17, 15) is 0 Å². The molecule has 72 valence electrons. The number of pyridine rings is 1. The summed E-state index contributed by atoms with van der Waals surface area (Å²) in [7, 11) is 0. The van der Waals surface area contributed by atoms with Crippen LogP contribution in [-0.4, -0.2) is 9.97 Å². The van der Waals surface area contributed by atoms with Crippen molar-refractivity contribution in [3.05, 3.63) is 27.9 Å². The number of hydrogen-bond acceptors (Lipinski definition) is 4. The molecule has 2 N–H and O–H groups in total. The van der Waals surface area contributed by atoms with E-state index in [0.717, 1.165) is 16.1 Å². The Morgan fingerprint density at radius 2 is 2.29 bits per heavy atom. The molecule has 0 aliphatic rings. The van der Waals surface area contributed by atoms with Gasteiger partial charge in [0.2, 0.25) is 0 Å². The summed E-state index contributed by atoms with van der Waals surface area (Å²) >= 11 is 4.89. The molecule has 5 heteroatoms. The molecule has 0 bridgehead atoms. The number of rotatable bonds is 1. The summed E-state index contributed by atoms with van der Waals surface area (Å²) in [5.74, 6) is 0. The maximum Gasteiger partial charge on any atom is 0.129 e. The molecule has 2 aromatic rings. The number of aromatic nitrogens is 2. The van der Waals surface area contributed by atoms with E-state index < -0.39 is 0 Å². The summed E-state index contributed by atoms with van der Waals surface area (Å²) in [6.07, 6.45) is 1.80. The molecule has 0 unspecified atom stereocenters. The van der Waals surface area contributed by atoms with Crippen molar-refractivity contribution in [1.82, 2.24) is 9.97 Å². The van der Waals surface area contributed by atoms with Crippen LogP contribution in [0.2, 0.25) is 0 Å². The average molecular weight is 270 g/mol. The number of nitrogens with zero attached hydrogens (tertiary/aromatic N) is 2. The Hall–Kier alpha value is -0.940. The lowest BCUT2D eigenvalue weighted by Gasteiger charge is -2.04. The van der Waals surface area contributed by atoms with Gasteiger partial charge in [0.1, 0.15) is 4.60 Å². The molecular formula is C9H8BrN3S. The molecule has 2 aromatic heterocycles. The van der Waals surface area contributed by atoms with Crippen molar-refractivity contribution in [1.29, 1.82) is 0 Å². The molecule has 2 rings (SSSR count). The fourth-order valence-corrected chi connectivity index (χ4v) is 2.20. The smallest absolute Gasteiger partial charge is 0.129 e. The number of thiazole rings is 1. The molecule has 2 heterocycles. The molecular weight excluding hydrogens is 262 g/mol. The third kappa shape index (κ3) is 1.65. The molecule has 0 radical (unpaired) electrons. The Labute approximate surface area is 94.1 Å². The lowest BCUT2D eigenvalue weighted by Crippen LogP contribution is -1.94. The highest BCUT2D eigenvalue weighted by atomic mass is 79.9. The molecule has 0 amide bonds. The number of nitrogens with two attached hydrogens (primary N) is 1. The van der Waals surface area contributed by atoms with E-state index >= 15 is 0 Å². The fraction of sp³-hybridized carbons (Fsp3) is 0.111. The SMILES string of the molecule is Cc1cc(-c2cncs2)nc(Br)c1N. The van der Waals surface area contributed by atoms with E-state index in [1.807, 2.05) is 13.0 Å². The maximum atomic E-state index is 5.78. The zero-order chi connectivity index (χ0) is 10.1. The molecule has 0 aliphatic carbocycles. The van der Waals surface area contributed by atoms with E-state index in [1.165, 1.54) is 0 Å². The van der Waals surface area contributed by atoms with Crippen LogP contribution in [0.25, 0.3) is 10.6 Å². The van der Waals surface area contributed by atoms with Crippen molar-refractivity contribution < 1.29 is 0 Å². The minimum Gasteiger partial charge on any atom is -0.396 e. The maximum absolute atomic E-state index is 5.78. The van der Waals surface area contributed by atoms with Crippen LogP contribution in [0.5, 0.6) is 0 Å². The quantitative estimate of drug-likeness (QED) is 0.810. The Kier molecular flexibility index (Phi) is 2.52. The third-order valence-corrected chi connectivity index (χ3v) is 3.30. The van der Waals surface area contributed by atoms with E-state index in [0.29, 0.717) is 10.3 Å². The van der Waals surface area contributed by atoms with Crippen molar-refractivity contribution in [2.75, 3.05) is 5.73 Å². The monoisotopic (exact) mass is 269 g/mol. The first-order valence-corrected chi connectivity index (χ1v) is 5.67. The van der Waals surface area contributed by atoms with Crippen LogP contribution >= 0.6 is 27.3 Å². The lowest BCUT2D eigenvalue weighted by atomic mass is 10.2. The molecule has 14 heavy (non-hydrogen) atoms. The van der Waals surface area contributed by atoms with Crippen LogP contribution in [-0.2, 0) is 0 Å². The zero-order valence-corrected chi connectivity index (χ0v) is 9.89. The van der Waals surface area contributed by atoms with Crippen molar-refractivity contribution in [2.45, 2.75) is 6.92 Å². The standard InChI is InChI=1S/C9H8BrN3S/c1-5-2-6(7-3-12-4-14-7)13-9(10)8(5)11/h2-4H,11H2,1H3. The van der Waals surface area contributed by atoms with Gasteiger partial charge < -0.3 is 5.73 Å². The molecule has 0 aromatic carbocycles. The van der Waals surface area contributed by atoms with Gasteiger partial charge in [-0.25, -0.2) is 4.98 Å². The van der Waals surface area contributed by atoms with Crippen molar-refractivity contribution >= 4 is 33.0 Å². The highest BCUT2D eigenvalue weighted by Gasteiger charge is 2.07. The highest BCUT2D eigenvalue weighted by Crippen LogP contribution is 2.28. The fourth-order valence-electron chi connectivity index (χ4n) is 1.11. The average Bonchev–Trinajstić information content (AvgIpc) is 2.66. The second-order valence-corrected chi connectivity index (χ2v) is 4.53. The summed E-state index contributed by atoms with van der Waals surface area (Å²) in [5, 5.41) is 0. The van der Waals surface area contributed by atoms with Crippen molar-refractivity contribution in [2.24, 2.45) is 0 Å². The molecule has 0 saturated carbocycles. The second kappa shape index (κ2) is 3.67. The van der Waals surface area contributed by atoms with Crippen molar-refractivity contribution in [3.8, 4) is 10.6 Å². The van der Waals surface area contributed by atoms with Gasteiger partial charge in [-0.15, -0.1) is 11.3 Å². The zero-order valence-electron chi connectivity index (χ0n) is 7.49. The summed E-state index contributed by atoms with van der Waals surface area (Å²) in [6, 6.07) is 1.97. The molecule has 0 saturated heterocycles. The molecule has 0 spiro atoms. The van der Waals surface area contributed by atoms with Crippen LogP contribution in [0.4, 0.5) is 5.69 Å². The van der Waals surface area contributed by atoms with Gasteiger partial charge in [0.25, 0.3) is 0 Å². The van der Waals surface area contributed by atoms with Crippen LogP contribution in [0.3, 0.4) is 0 Å². The molecule has 0 aliphatic heterocycles. The summed E-state index contributed by atoms with van der Waals surface area (Å²) < 4.78 is 0.695. The van der Waals surface area contributed by atoms with E-state index in [4.69, 9.17) is 5.73 Å². The van der Waals surface area contributed by atoms with Crippen LogP contribution < -0.4 is 5.73 Å². The summed E-state index contributed by atoms with van der Waals surface area (Å²) in [5.41, 5.74) is 10.2. The summed E-state index contributed by atoms with van der Waals surface area (Å²) in [6.45, 7) is 1.96. The van der Waals surface area contributed by atoms with Crippen LogP contribution in [0.1, 0.15) is 5.56 Å². The first-order chi connectivity index (χ1) is 6.68. The highest BCUT2D eigenvalue weighted by molar-refractivity contribution is 9.10. The van der Waals surface area contributed by atoms with E-state index in [2.05, 4.69) is 25.9 Å². The van der Waals surface area contributed by atoms with Crippen LogP contribution in [0.15, 0.2) is 22.4 Å². The number of nitrogen functional groups attached to an aromatic ring is 1. The van der Waals surface area contributed by atoms with Gasteiger partial charge in [-0.05, 0) is 34.5 Å². The van der Waals surface area contributed by atoms with Gasteiger partial charge in [0.05, 0.1) is 21.8 Å². The third-order valence-electron chi connectivity index (χ3n) is 1.90. The largest absolute Gasteiger partial charge is 0.396 e. The number of hydrogen-bond donors (Lipinski definition) is 1. The Balaban J connectivity index is 2.57. The Morgan fingerprint density at radius 1 is 1.50 bits per heavy atom. The van der Waals surface area contributed by atoms with Crippen molar-refractivity contribution in [3.63, 3.8) is 0 Å². The van der Waals surface area contributed by atoms with Crippen LogP contribution in [0, 0.1) is 6.92 Å². The number of halogens is 1. The topological polar surface area (TPSA) is 51.8 Å². The van der Waals surface area contributed by atoms with E-state index in [1.54, 1.807) is 23.0 Å². The van der Waals surface area contributed by atoms with Gasteiger partial charge >= 0.3 is 0 Å². The van der Waals surface area contributed by atoms with Gasteiger partial charge in [-0.1, -0.05) is 0 Å². The normalized spacial score (nSPS) is 10.4. The van der Waals surface area contributed by atoms with Gasteiger partial charge in [0, 0.05) is 6.20 Å². The van der Waals surface area contributed by atoms with Gasteiger partial charge in [0.15, 0.2) is 0 Å². The van der Waals surface area contributed by atoms with Gasteiger partial charge in [-0.3, -0.25) is 4.98 Å². The minimum absolute atomic E-state index is 0.693. The molecule has 0 atom stereocenters. The molecule has 3 nitrogen and oxygen atoms in total. The predicted octanol–water partition coefficient (Wildman–Crippen LogP) is 2.86. The Morgan fingerprint density at radius 3 is 2.86 bits per heavy atom. The molecule has 0 fully saturated rings. The first-order valence-electron chi connectivity index (χ1n) is 4.00. The number of anilines is 1. The summed E-state index contributed by atoms with van der Waals surface area (Å²) in [4.78, 5) is 9.40. The van der Waals surface area contributed by atoms with E-state index in [-0.39, 0.29) is 0 Å². The minimum atomic E-state index is 0.693.